The van der Waals surface area contributed by atoms with Crippen molar-refractivity contribution in [2.24, 2.45) is 0 Å². The van der Waals surface area contributed by atoms with Crippen molar-refractivity contribution >= 4 is 27.4 Å². The molecular weight excluding hydrogens is 297 g/mol. The summed E-state index contributed by atoms with van der Waals surface area (Å²) in [5.74, 6) is 0.316. The Kier molecular flexibility index (Phi) is 3.81. The SMILES string of the molecule is Cc1cnc(NCc2cc(Br)ccc2F)c(N)c1. The van der Waals surface area contributed by atoms with Crippen LogP contribution in [0.3, 0.4) is 0 Å². The number of aryl methyl sites for hydroxylation is 1. The third kappa shape index (κ3) is 2.98. The van der Waals surface area contributed by atoms with Crippen molar-refractivity contribution in [1.29, 1.82) is 0 Å². The highest BCUT2D eigenvalue weighted by Crippen LogP contribution is 2.19. The van der Waals surface area contributed by atoms with Crippen molar-refractivity contribution in [3.05, 3.63) is 51.9 Å². The topological polar surface area (TPSA) is 50.9 Å². The molecule has 1 aromatic heterocycles. The zero-order valence-electron chi connectivity index (χ0n) is 9.87. The van der Waals surface area contributed by atoms with Crippen molar-refractivity contribution in [2.75, 3.05) is 11.1 Å². The summed E-state index contributed by atoms with van der Waals surface area (Å²) in [5.41, 5.74) is 7.94. The lowest BCUT2D eigenvalue weighted by Gasteiger charge is -2.09. The fourth-order valence-electron chi connectivity index (χ4n) is 1.60. The Labute approximate surface area is 113 Å². The molecule has 5 heteroatoms. The summed E-state index contributed by atoms with van der Waals surface area (Å²) < 4.78 is 14.4. The number of pyridine rings is 1. The van der Waals surface area contributed by atoms with Crippen LogP contribution in [0.5, 0.6) is 0 Å². The van der Waals surface area contributed by atoms with Gasteiger partial charge in [-0.2, -0.15) is 0 Å². The minimum absolute atomic E-state index is 0.253. The molecule has 0 atom stereocenters. The first-order valence-corrected chi connectivity index (χ1v) is 6.25. The number of nitrogens with zero attached hydrogens (tertiary/aromatic N) is 1. The van der Waals surface area contributed by atoms with Crippen LogP contribution in [0.4, 0.5) is 15.9 Å². The first-order valence-electron chi connectivity index (χ1n) is 5.46. The number of anilines is 2. The maximum Gasteiger partial charge on any atom is 0.149 e. The second-order valence-corrected chi connectivity index (χ2v) is 4.96. The molecule has 0 unspecified atom stereocenters. The van der Waals surface area contributed by atoms with Gasteiger partial charge in [0.15, 0.2) is 0 Å². The van der Waals surface area contributed by atoms with Gasteiger partial charge in [-0.25, -0.2) is 9.37 Å². The molecule has 0 aliphatic heterocycles. The van der Waals surface area contributed by atoms with E-state index >= 15 is 0 Å². The van der Waals surface area contributed by atoms with E-state index < -0.39 is 0 Å². The second-order valence-electron chi connectivity index (χ2n) is 4.04. The standard InChI is InChI=1S/C13H13BrFN3/c1-8-4-12(16)13(17-6-8)18-7-9-5-10(14)2-3-11(9)15/h2-6H,7,16H2,1H3,(H,17,18). The van der Waals surface area contributed by atoms with Crippen LogP contribution in [-0.2, 0) is 6.54 Å². The van der Waals surface area contributed by atoms with Crippen molar-refractivity contribution in [2.45, 2.75) is 13.5 Å². The Morgan fingerprint density at radius 3 is 2.89 bits per heavy atom. The summed E-state index contributed by atoms with van der Waals surface area (Å²) in [6, 6.07) is 6.64. The molecule has 2 aromatic rings. The van der Waals surface area contributed by atoms with Crippen LogP contribution in [0.1, 0.15) is 11.1 Å². The smallest absolute Gasteiger partial charge is 0.149 e. The zero-order valence-corrected chi connectivity index (χ0v) is 11.5. The number of benzene rings is 1. The number of nitrogens with two attached hydrogens (primary N) is 1. The van der Waals surface area contributed by atoms with Crippen molar-refractivity contribution in [3.8, 4) is 0 Å². The minimum Gasteiger partial charge on any atom is -0.396 e. The fraction of sp³-hybridized carbons (Fsp3) is 0.154. The molecular formula is C13H13BrFN3. The maximum atomic E-state index is 13.5. The van der Waals surface area contributed by atoms with Crippen LogP contribution >= 0.6 is 15.9 Å². The molecule has 2 rings (SSSR count). The summed E-state index contributed by atoms with van der Waals surface area (Å²) in [4.78, 5) is 4.17. The average molecular weight is 310 g/mol. The summed E-state index contributed by atoms with van der Waals surface area (Å²) in [5, 5.41) is 3.03. The highest BCUT2D eigenvalue weighted by molar-refractivity contribution is 9.10. The van der Waals surface area contributed by atoms with E-state index in [1.54, 1.807) is 18.3 Å². The van der Waals surface area contributed by atoms with E-state index in [1.807, 2.05) is 13.0 Å². The van der Waals surface area contributed by atoms with Crippen LogP contribution in [-0.4, -0.2) is 4.98 Å². The third-order valence-corrected chi connectivity index (χ3v) is 3.00. The van der Waals surface area contributed by atoms with Gasteiger partial charge in [0.25, 0.3) is 0 Å². The summed E-state index contributed by atoms with van der Waals surface area (Å²) in [6.45, 7) is 2.26. The number of hydrogen-bond donors (Lipinski definition) is 2. The molecule has 0 bridgehead atoms. The van der Waals surface area contributed by atoms with Gasteiger partial charge in [0.1, 0.15) is 11.6 Å². The van der Waals surface area contributed by atoms with E-state index in [1.165, 1.54) is 6.07 Å². The first-order chi connectivity index (χ1) is 8.56. The Hall–Kier alpha value is -1.62. The van der Waals surface area contributed by atoms with Gasteiger partial charge in [0, 0.05) is 22.8 Å². The van der Waals surface area contributed by atoms with Gasteiger partial charge in [-0.05, 0) is 36.8 Å². The Bertz CT molecular complexity index is 572. The normalized spacial score (nSPS) is 10.4. The van der Waals surface area contributed by atoms with Crippen molar-refractivity contribution in [3.63, 3.8) is 0 Å². The molecule has 18 heavy (non-hydrogen) atoms. The van der Waals surface area contributed by atoms with Crippen molar-refractivity contribution < 1.29 is 4.39 Å². The molecule has 0 amide bonds. The van der Waals surface area contributed by atoms with Gasteiger partial charge >= 0.3 is 0 Å². The molecule has 0 aliphatic carbocycles. The van der Waals surface area contributed by atoms with Crippen LogP contribution in [0.25, 0.3) is 0 Å². The quantitative estimate of drug-likeness (QED) is 0.912. The molecule has 0 fully saturated rings. The lowest BCUT2D eigenvalue weighted by atomic mass is 10.2. The largest absolute Gasteiger partial charge is 0.396 e. The molecule has 94 valence electrons. The second kappa shape index (κ2) is 5.35. The summed E-state index contributed by atoms with van der Waals surface area (Å²) >= 11 is 3.31. The van der Waals surface area contributed by atoms with Gasteiger partial charge in [-0.15, -0.1) is 0 Å². The van der Waals surface area contributed by atoms with Crippen LogP contribution in [0.2, 0.25) is 0 Å². The van der Waals surface area contributed by atoms with E-state index in [-0.39, 0.29) is 5.82 Å². The maximum absolute atomic E-state index is 13.5. The average Bonchev–Trinajstić information content (AvgIpc) is 2.32. The van der Waals surface area contributed by atoms with Gasteiger partial charge in [0.2, 0.25) is 0 Å². The van der Waals surface area contributed by atoms with E-state index in [0.717, 1.165) is 10.0 Å². The van der Waals surface area contributed by atoms with Gasteiger partial charge < -0.3 is 11.1 Å². The molecule has 3 N–H and O–H groups in total. The molecule has 0 spiro atoms. The Balaban J connectivity index is 2.13. The lowest BCUT2D eigenvalue weighted by molar-refractivity contribution is 0.612. The molecule has 0 radical (unpaired) electrons. The lowest BCUT2D eigenvalue weighted by Crippen LogP contribution is -2.06. The highest BCUT2D eigenvalue weighted by Gasteiger charge is 2.05. The third-order valence-electron chi connectivity index (χ3n) is 2.51. The monoisotopic (exact) mass is 309 g/mol. The molecule has 0 saturated heterocycles. The number of rotatable bonds is 3. The number of hydrogen-bond acceptors (Lipinski definition) is 3. The zero-order chi connectivity index (χ0) is 13.1. The molecule has 1 aromatic carbocycles. The molecule has 0 saturated carbocycles. The number of nitrogen functional groups attached to an aromatic ring is 1. The van der Waals surface area contributed by atoms with Crippen LogP contribution in [0, 0.1) is 12.7 Å². The predicted octanol–water partition coefficient (Wildman–Crippen LogP) is 3.49. The fourth-order valence-corrected chi connectivity index (χ4v) is 2.01. The van der Waals surface area contributed by atoms with E-state index in [2.05, 4.69) is 26.2 Å². The number of halogens is 2. The molecule has 1 heterocycles. The van der Waals surface area contributed by atoms with E-state index in [0.29, 0.717) is 23.6 Å². The highest BCUT2D eigenvalue weighted by atomic mass is 79.9. The Morgan fingerprint density at radius 1 is 1.39 bits per heavy atom. The van der Waals surface area contributed by atoms with Crippen molar-refractivity contribution in [1.82, 2.24) is 4.98 Å². The first kappa shape index (κ1) is 12.8. The number of nitrogens with one attached hydrogen (secondary N) is 1. The molecule has 3 nitrogen and oxygen atoms in total. The predicted molar refractivity (Wildman–Crippen MR) is 74.8 cm³/mol. The van der Waals surface area contributed by atoms with E-state index in [4.69, 9.17) is 5.73 Å². The van der Waals surface area contributed by atoms with E-state index in [9.17, 15) is 4.39 Å². The Morgan fingerprint density at radius 2 is 2.17 bits per heavy atom. The number of aromatic nitrogens is 1. The van der Waals surface area contributed by atoms with Crippen LogP contribution < -0.4 is 11.1 Å². The van der Waals surface area contributed by atoms with Crippen LogP contribution in [0.15, 0.2) is 34.9 Å². The van der Waals surface area contributed by atoms with Gasteiger partial charge in [-0.1, -0.05) is 15.9 Å². The van der Waals surface area contributed by atoms with Gasteiger partial charge in [0.05, 0.1) is 5.69 Å². The minimum atomic E-state index is -0.253. The van der Waals surface area contributed by atoms with Gasteiger partial charge in [-0.3, -0.25) is 0 Å². The molecule has 0 aliphatic rings. The summed E-state index contributed by atoms with van der Waals surface area (Å²) in [6.07, 6.45) is 1.72. The summed E-state index contributed by atoms with van der Waals surface area (Å²) in [7, 11) is 0.